The summed E-state index contributed by atoms with van der Waals surface area (Å²) < 4.78 is 7.51. The lowest BCUT2D eigenvalue weighted by Crippen LogP contribution is -2.30. The summed E-state index contributed by atoms with van der Waals surface area (Å²) in [5.74, 6) is -0.791. The Hall–Kier alpha value is -4.36. The smallest absolute Gasteiger partial charge is 0.305 e. The van der Waals surface area contributed by atoms with E-state index in [0.717, 1.165) is 11.1 Å². The standard InChI is InChI=1S/C29H26ClN3O4/c30-24-12-8-21(9-13-24)20-4-6-22(7-5-20)26(19-28(34)35)32-29(36)23-10-14-25(15-11-23)37-18-17-33-16-2-1-3-27(33)31/h1-16,26,31H,17-19H2,(H,32,36)(H,34,35). The molecule has 0 bridgehead atoms. The molecule has 3 aromatic carbocycles. The van der Waals surface area contributed by atoms with Gasteiger partial charge >= 0.3 is 5.97 Å². The van der Waals surface area contributed by atoms with E-state index >= 15 is 0 Å². The number of aliphatic carboxylic acids is 1. The maximum atomic E-state index is 12.9. The molecule has 1 heterocycles. The maximum Gasteiger partial charge on any atom is 0.305 e. The molecule has 1 unspecified atom stereocenters. The Kier molecular flexibility index (Phi) is 8.38. The van der Waals surface area contributed by atoms with Crippen LogP contribution in [-0.4, -0.2) is 28.2 Å². The van der Waals surface area contributed by atoms with Crippen molar-refractivity contribution in [3.05, 3.63) is 119 Å². The van der Waals surface area contributed by atoms with Crippen LogP contribution >= 0.6 is 11.6 Å². The fourth-order valence-electron chi connectivity index (χ4n) is 3.85. The van der Waals surface area contributed by atoms with Gasteiger partial charge in [-0.05, 0) is 65.2 Å². The first-order chi connectivity index (χ1) is 17.9. The molecule has 0 saturated heterocycles. The molecule has 37 heavy (non-hydrogen) atoms. The average molecular weight is 516 g/mol. The lowest BCUT2D eigenvalue weighted by atomic mass is 9.98. The second kappa shape index (κ2) is 12.1. The zero-order valence-corrected chi connectivity index (χ0v) is 20.7. The van der Waals surface area contributed by atoms with Crippen LogP contribution in [0.2, 0.25) is 5.02 Å². The zero-order valence-electron chi connectivity index (χ0n) is 19.9. The van der Waals surface area contributed by atoms with Crippen molar-refractivity contribution in [2.24, 2.45) is 0 Å². The highest BCUT2D eigenvalue weighted by Crippen LogP contribution is 2.25. The highest BCUT2D eigenvalue weighted by atomic mass is 35.5. The summed E-state index contributed by atoms with van der Waals surface area (Å²) in [7, 11) is 0. The van der Waals surface area contributed by atoms with Gasteiger partial charge in [0.2, 0.25) is 0 Å². The molecule has 0 aliphatic carbocycles. The summed E-state index contributed by atoms with van der Waals surface area (Å²) in [5, 5.41) is 20.8. The number of hydrogen-bond acceptors (Lipinski definition) is 4. The molecule has 1 amide bonds. The van der Waals surface area contributed by atoms with Crippen molar-refractivity contribution in [2.45, 2.75) is 19.0 Å². The average Bonchev–Trinajstić information content (AvgIpc) is 2.90. The summed E-state index contributed by atoms with van der Waals surface area (Å²) in [6, 6.07) is 26.2. The Labute approximate surface area is 219 Å². The molecule has 0 aliphatic rings. The van der Waals surface area contributed by atoms with Crippen molar-refractivity contribution in [3.8, 4) is 16.9 Å². The maximum absolute atomic E-state index is 12.9. The highest BCUT2D eigenvalue weighted by Gasteiger charge is 2.19. The number of carboxylic acids is 1. The predicted molar refractivity (Wildman–Crippen MR) is 142 cm³/mol. The first-order valence-electron chi connectivity index (χ1n) is 11.7. The Bertz CT molecular complexity index is 1420. The molecule has 188 valence electrons. The predicted octanol–water partition coefficient (Wildman–Crippen LogP) is 5.31. The Morgan fingerprint density at radius 3 is 2.19 bits per heavy atom. The molecular formula is C29H26ClN3O4. The number of hydrogen-bond donors (Lipinski definition) is 3. The quantitative estimate of drug-likeness (QED) is 0.266. The van der Waals surface area contributed by atoms with Crippen molar-refractivity contribution in [3.63, 3.8) is 0 Å². The Morgan fingerprint density at radius 2 is 1.57 bits per heavy atom. The number of halogens is 1. The van der Waals surface area contributed by atoms with Crippen LogP contribution in [0.3, 0.4) is 0 Å². The van der Waals surface area contributed by atoms with Crippen LogP contribution in [0.5, 0.6) is 5.75 Å². The molecule has 1 aromatic heterocycles. The molecule has 0 spiro atoms. The number of amides is 1. The van der Waals surface area contributed by atoms with Crippen molar-refractivity contribution in [2.75, 3.05) is 6.61 Å². The van der Waals surface area contributed by atoms with Gasteiger partial charge in [0, 0.05) is 16.8 Å². The van der Waals surface area contributed by atoms with Crippen molar-refractivity contribution in [1.82, 2.24) is 9.88 Å². The van der Waals surface area contributed by atoms with Gasteiger partial charge in [-0.1, -0.05) is 54.1 Å². The number of aromatic nitrogens is 1. The summed E-state index contributed by atoms with van der Waals surface area (Å²) in [6.07, 6.45) is 1.57. The van der Waals surface area contributed by atoms with Crippen LogP contribution in [-0.2, 0) is 11.3 Å². The van der Waals surface area contributed by atoms with E-state index in [0.29, 0.717) is 40.5 Å². The largest absolute Gasteiger partial charge is 0.492 e. The minimum Gasteiger partial charge on any atom is -0.492 e. The van der Waals surface area contributed by atoms with Gasteiger partial charge < -0.3 is 19.7 Å². The summed E-state index contributed by atoms with van der Waals surface area (Å²) in [4.78, 5) is 24.4. The summed E-state index contributed by atoms with van der Waals surface area (Å²) in [5.41, 5.74) is 3.43. The van der Waals surface area contributed by atoms with E-state index in [9.17, 15) is 14.7 Å². The molecule has 0 fully saturated rings. The Morgan fingerprint density at radius 1 is 0.919 bits per heavy atom. The molecule has 0 saturated carbocycles. The number of pyridine rings is 1. The van der Waals surface area contributed by atoms with Crippen molar-refractivity contribution in [1.29, 1.82) is 5.41 Å². The van der Waals surface area contributed by atoms with Crippen LogP contribution in [0.15, 0.2) is 97.2 Å². The zero-order chi connectivity index (χ0) is 26.2. The number of carbonyl (C=O) groups is 2. The van der Waals surface area contributed by atoms with Crippen molar-refractivity contribution >= 4 is 23.5 Å². The van der Waals surface area contributed by atoms with E-state index in [-0.39, 0.29) is 12.3 Å². The fourth-order valence-corrected chi connectivity index (χ4v) is 3.98. The van der Waals surface area contributed by atoms with Gasteiger partial charge in [0.1, 0.15) is 17.8 Å². The lowest BCUT2D eigenvalue weighted by molar-refractivity contribution is -0.137. The molecule has 0 radical (unpaired) electrons. The first kappa shape index (κ1) is 25.7. The topological polar surface area (TPSA) is 104 Å². The van der Waals surface area contributed by atoms with E-state index in [1.807, 2.05) is 60.8 Å². The van der Waals surface area contributed by atoms with Gasteiger partial charge in [0.05, 0.1) is 19.0 Å². The van der Waals surface area contributed by atoms with Gasteiger partial charge in [-0.3, -0.25) is 15.0 Å². The fraction of sp³-hybridized carbons (Fsp3) is 0.138. The number of nitrogens with one attached hydrogen (secondary N) is 2. The second-order valence-corrected chi connectivity index (χ2v) is 8.84. The van der Waals surface area contributed by atoms with Gasteiger partial charge in [-0.15, -0.1) is 0 Å². The van der Waals surface area contributed by atoms with Gasteiger partial charge in [-0.25, -0.2) is 0 Å². The Balaban J connectivity index is 1.39. The molecule has 4 aromatic rings. The minimum atomic E-state index is -1.01. The first-order valence-corrected chi connectivity index (χ1v) is 12.1. The van der Waals surface area contributed by atoms with Crippen LogP contribution in [0.1, 0.15) is 28.4 Å². The lowest BCUT2D eigenvalue weighted by Gasteiger charge is -2.18. The molecular weight excluding hydrogens is 490 g/mol. The summed E-state index contributed by atoms with van der Waals surface area (Å²) in [6.45, 7) is 0.897. The third kappa shape index (κ3) is 7.08. The van der Waals surface area contributed by atoms with Crippen molar-refractivity contribution < 1.29 is 19.4 Å². The number of rotatable bonds is 10. The molecule has 8 heteroatoms. The highest BCUT2D eigenvalue weighted by molar-refractivity contribution is 6.30. The van der Waals surface area contributed by atoms with Gasteiger partial charge in [-0.2, -0.15) is 0 Å². The van der Waals surface area contributed by atoms with Crippen LogP contribution in [0.4, 0.5) is 0 Å². The molecule has 1 atom stereocenters. The van der Waals surface area contributed by atoms with Gasteiger partial charge in [0.15, 0.2) is 0 Å². The number of benzene rings is 3. The molecule has 7 nitrogen and oxygen atoms in total. The second-order valence-electron chi connectivity index (χ2n) is 8.40. The number of carbonyl (C=O) groups excluding carboxylic acids is 1. The third-order valence-corrected chi connectivity index (χ3v) is 6.08. The van der Waals surface area contributed by atoms with E-state index in [1.165, 1.54) is 0 Å². The van der Waals surface area contributed by atoms with E-state index in [2.05, 4.69) is 5.32 Å². The van der Waals surface area contributed by atoms with Gasteiger partial charge in [0.25, 0.3) is 5.91 Å². The minimum absolute atomic E-state index is 0.248. The molecule has 0 aliphatic heterocycles. The van der Waals surface area contributed by atoms with E-state index in [1.54, 1.807) is 41.0 Å². The SMILES string of the molecule is N=c1ccccn1CCOc1ccc(C(=O)NC(CC(=O)O)c2ccc(-c3ccc(Cl)cc3)cc2)cc1. The third-order valence-electron chi connectivity index (χ3n) is 5.83. The number of carboxylic acid groups (broad SMARTS) is 1. The molecule has 3 N–H and O–H groups in total. The monoisotopic (exact) mass is 515 g/mol. The van der Waals surface area contributed by atoms with E-state index < -0.39 is 12.0 Å². The normalized spacial score (nSPS) is 11.5. The van der Waals surface area contributed by atoms with Crippen LogP contribution < -0.4 is 15.5 Å². The number of nitrogens with zero attached hydrogens (tertiary/aromatic N) is 1. The number of ether oxygens (including phenoxy) is 1. The van der Waals surface area contributed by atoms with E-state index in [4.69, 9.17) is 21.7 Å². The summed E-state index contributed by atoms with van der Waals surface area (Å²) >= 11 is 5.96. The molecule has 4 rings (SSSR count). The van der Waals surface area contributed by atoms with Crippen LogP contribution in [0.25, 0.3) is 11.1 Å². The van der Waals surface area contributed by atoms with Crippen LogP contribution in [0, 0.1) is 5.41 Å².